The zero-order valence-corrected chi connectivity index (χ0v) is 76.6. The largest absolute Gasteiger partial charge is 0.252 e. The molecule has 10 heteroatoms. The molecular formula is C121H104N10. The van der Waals surface area contributed by atoms with Crippen LogP contribution < -0.4 is 0 Å². The minimum Gasteiger partial charge on any atom is -0.252 e. The summed E-state index contributed by atoms with van der Waals surface area (Å²) in [6.45, 7) is 32.9. The van der Waals surface area contributed by atoms with E-state index in [2.05, 4.69) is 449 Å². The fraction of sp³-hybridized carbons (Fsp3) is 0.140. The van der Waals surface area contributed by atoms with Gasteiger partial charge in [-0.15, -0.1) is 0 Å². The van der Waals surface area contributed by atoms with Gasteiger partial charge in [-0.05, 0) is 207 Å². The molecule has 0 spiro atoms. The molecule has 18 rings (SSSR count). The predicted molar refractivity (Wildman–Crippen MR) is 544 cm³/mol. The summed E-state index contributed by atoms with van der Waals surface area (Å²) in [5, 5.41) is 0. The lowest BCUT2D eigenvalue weighted by molar-refractivity contribution is 0.566. The molecule has 18 aromatic rings. The summed E-state index contributed by atoms with van der Waals surface area (Å²) in [5.41, 5.74) is 40.7. The molecule has 13 aromatic carbocycles. The van der Waals surface area contributed by atoms with E-state index in [4.69, 9.17) is 36.5 Å². The highest BCUT2D eigenvalue weighted by Gasteiger charge is 2.25. The molecule has 0 saturated heterocycles. The SMILES string of the molecule is C=C(/C=C\C(=C/C)c1cc(C(C)(C)C)ncn1)c1ccccc1-c1cc(-c2ccccc2-c2ccc(-c3cnc(-c4ccc(-c5ccccc5-c5cc(-c6ccccc6-c6ccc(-c7cc(C(C)(C)C)ncn7)cc6)cc(-c6ccccc6-c6ccc(-c7cc(C(C)(C)C)ncn7)cc6)c5)cc4)cn3)cc2)cc(-c2ccccc2-c2ccc(-c3cc(C(C)(C)C)ncn3)cc2)c1. The zero-order valence-electron chi connectivity index (χ0n) is 76.6. The Balaban J connectivity index is 0.651. The normalized spacial score (nSPS) is 12.1. The first-order chi connectivity index (χ1) is 63.3. The molecule has 0 aliphatic rings. The lowest BCUT2D eigenvalue weighted by Crippen LogP contribution is -2.14. The number of aromatic nitrogens is 10. The third-order valence-corrected chi connectivity index (χ3v) is 24.6. The second kappa shape index (κ2) is 36.3. The maximum absolute atomic E-state index is 5.11. The zero-order chi connectivity index (χ0) is 90.7. The van der Waals surface area contributed by atoms with Crippen molar-refractivity contribution < 1.29 is 0 Å². The first-order valence-corrected chi connectivity index (χ1v) is 44.9. The third kappa shape index (κ3) is 18.8. The molecule has 0 bridgehead atoms. The van der Waals surface area contributed by atoms with Crippen molar-refractivity contribution in [3.8, 4) is 179 Å². The summed E-state index contributed by atoms with van der Waals surface area (Å²) in [7, 11) is 0. The van der Waals surface area contributed by atoms with Crippen LogP contribution in [0.15, 0.2) is 390 Å². The van der Waals surface area contributed by atoms with Crippen LogP contribution in [0.4, 0.5) is 0 Å². The highest BCUT2D eigenvalue weighted by Crippen LogP contribution is 2.47. The highest BCUT2D eigenvalue weighted by atomic mass is 14.9. The molecule has 0 fully saturated rings. The first kappa shape index (κ1) is 86.2. The van der Waals surface area contributed by atoms with E-state index in [1.54, 1.807) is 25.3 Å². The minimum atomic E-state index is -0.133. The van der Waals surface area contributed by atoms with Gasteiger partial charge in [-0.3, -0.25) is 9.97 Å². The summed E-state index contributed by atoms with van der Waals surface area (Å²) in [6, 6.07) is 119. The van der Waals surface area contributed by atoms with E-state index >= 15 is 0 Å². The van der Waals surface area contributed by atoms with Gasteiger partial charge < -0.3 is 0 Å². The number of rotatable bonds is 20. The lowest BCUT2D eigenvalue weighted by atomic mass is 9.86. The van der Waals surface area contributed by atoms with Crippen LogP contribution in [0.3, 0.4) is 0 Å². The van der Waals surface area contributed by atoms with E-state index in [9.17, 15) is 0 Å². The third-order valence-electron chi connectivity index (χ3n) is 24.6. The fourth-order valence-corrected chi connectivity index (χ4v) is 17.2. The van der Waals surface area contributed by atoms with Crippen LogP contribution in [0.2, 0.25) is 0 Å². The summed E-state index contributed by atoms with van der Waals surface area (Å²) in [4.78, 5) is 47.6. The van der Waals surface area contributed by atoms with Gasteiger partial charge >= 0.3 is 0 Å². The number of allylic oxidation sites excluding steroid dienone is 5. The van der Waals surface area contributed by atoms with E-state index < -0.39 is 0 Å². The topological polar surface area (TPSA) is 129 Å². The molecule has 0 radical (unpaired) electrons. The molecule has 131 heavy (non-hydrogen) atoms. The molecule has 5 aromatic heterocycles. The Morgan fingerprint density at radius 1 is 0.214 bits per heavy atom. The van der Waals surface area contributed by atoms with Crippen LogP contribution in [0.25, 0.3) is 190 Å². The Bertz CT molecular complexity index is 7180. The molecule has 0 amide bonds. The van der Waals surface area contributed by atoms with E-state index in [0.29, 0.717) is 0 Å². The summed E-state index contributed by atoms with van der Waals surface area (Å²) in [5.74, 6) is 0. The molecule has 0 saturated carbocycles. The van der Waals surface area contributed by atoms with Crippen molar-refractivity contribution in [3.05, 3.63) is 424 Å². The van der Waals surface area contributed by atoms with E-state index in [0.717, 1.165) is 224 Å². The van der Waals surface area contributed by atoms with Gasteiger partial charge in [0.25, 0.3) is 0 Å². The van der Waals surface area contributed by atoms with Gasteiger partial charge in [0.1, 0.15) is 25.3 Å². The smallest absolute Gasteiger partial charge is 0.116 e. The number of nitrogens with zero attached hydrogens (tertiary/aromatic N) is 10. The van der Waals surface area contributed by atoms with Crippen molar-refractivity contribution in [2.75, 3.05) is 0 Å². The average molecular weight is 1700 g/mol. The van der Waals surface area contributed by atoms with Crippen LogP contribution in [0.5, 0.6) is 0 Å². The molecule has 0 aliphatic heterocycles. The maximum Gasteiger partial charge on any atom is 0.116 e. The van der Waals surface area contributed by atoms with Gasteiger partial charge in [0.05, 0.1) is 46.6 Å². The molecule has 5 heterocycles. The number of benzene rings is 13. The molecular weight excluding hydrogens is 1590 g/mol. The Hall–Kier alpha value is -15.5. The van der Waals surface area contributed by atoms with E-state index in [-0.39, 0.29) is 21.7 Å². The van der Waals surface area contributed by atoms with Crippen molar-refractivity contribution >= 4 is 11.1 Å². The van der Waals surface area contributed by atoms with Crippen LogP contribution in [0, 0.1) is 0 Å². The second-order valence-electron chi connectivity index (χ2n) is 37.8. The Morgan fingerprint density at radius 3 is 0.695 bits per heavy atom. The predicted octanol–water partition coefficient (Wildman–Crippen LogP) is 31.2. The van der Waals surface area contributed by atoms with Crippen molar-refractivity contribution in [1.82, 2.24) is 49.8 Å². The van der Waals surface area contributed by atoms with Crippen LogP contribution in [0.1, 0.15) is 124 Å². The summed E-state index contributed by atoms with van der Waals surface area (Å²) in [6.07, 6.45) is 16.8. The molecule has 0 N–H and O–H groups in total. The second-order valence-corrected chi connectivity index (χ2v) is 37.8. The van der Waals surface area contributed by atoms with Crippen molar-refractivity contribution in [2.45, 2.75) is 112 Å². The first-order valence-electron chi connectivity index (χ1n) is 44.9. The van der Waals surface area contributed by atoms with Gasteiger partial charge in [0.15, 0.2) is 0 Å². The average Bonchev–Trinajstić information content (AvgIpc) is 0.767. The highest BCUT2D eigenvalue weighted by molar-refractivity contribution is 5.98. The summed E-state index contributed by atoms with van der Waals surface area (Å²) < 4.78 is 0. The Morgan fingerprint density at radius 2 is 0.435 bits per heavy atom. The van der Waals surface area contributed by atoms with Crippen molar-refractivity contribution in [2.24, 2.45) is 0 Å². The van der Waals surface area contributed by atoms with E-state index in [1.807, 2.05) is 19.3 Å². The van der Waals surface area contributed by atoms with E-state index in [1.165, 1.54) is 0 Å². The maximum atomic E-state index is 5.11. The fourth-order valence-electron chi connectivity index (χ4n) is 17.2. The van der Waals surface area contributed by atoms with Gasteiger partial charge in [-0.25, -0.2) is 39.9 Å². The monoisotopic (exact) mass is 1700 g/mol. The van der Waals surface area contributed by atoms with Crippen molar-refractivity contribution in [1.29, 1.82) is 0 Å². The number of hydrogen-bond donors (Lipinski definition) is 0. The lowest BCUT2D eigenvalue weighted by Gasteiger charge is -2.19. The molecule has 638 valence electrons. The van der Waals surface area contributed by atoms with Gasteiger partial charge in [-0.1, -0.05) is 375 Å². The standard InChI is InChI=1S/C121H104N10/c1-15-79(108-68-114(118(3,4)5)128-74-124-108)41-40-78(2)96-28-16-17-34-102(96)90-62-91(103-35-23-18-29-97(103)80-42-52-85(53-43-80)109-69-115(119(6,7)8)129-75-125-109)64-92(63-90)104-36-24-21-32-100(104)83-48-58-88(59-49-83)112-72-123-113(73-122-112)89-60-50-84(51-61-89)101-33-22-27-39-107(101)95-66-93(105-37-25-19-30-98(105)81-44-54-86(55-45-81)110-70-116(120(9,10)11)130-76-126-110)65-94(67-95)106-38-26-20-31-99(106)82-46-56-87(57-47-82)111-71-117(121(12,13)14)131-77-127-111/h15-77H,2H2,1,3-14H3/b41-40-,79-15+. The van der Waals surface area contributed by atoms with Gasteiger partial charge in [0.2, 0.25) is 0 Å². The van der Waals surface area contributed by atoms with Crippen LogP contribution in [-0.4, -0.2) is 49.8 Å². The molecule has 0 unspecified atom stereocenters. The molecule has 0 aliphatic carbocycles. The van der Waals surface area contributed by atoms with Gasteiger partial charge in [-0.2, -0.15) is 0 Å². The Labute approximate surface area is 770 Å². The summed E-state index contributed by atoms with van der Waals surface area (Å²) >= 11 is 0. The Kier molecular flexibility index (Phi) is 23.9. The van der Waals surface area contributed by atoms with Gasteiger partial charge in [0, 0.05) is 72.3 Å². The number of hydrogen-bond acceptors (Lipinski definition) is 10. The molecule has 0 atom stereocenters. The minimum absolute atomic E-state index is 0.112. The van der Waals surface area contributed by atoms with Crippen LogP contribution in [-0.2, 0) is 21.7 Å². The van der Waals surface area contributed by atoms with Crippen molar-refractivity contribution in [3.63, 3.8) is 0 Å². The quantitative estimate of drug-likeness (QED) is 0.0680. The van der Waals surface area contributed by atoms with Crippen LogP contribution >= 0.6 is 0 Å². The molecule has 10 nitrogen and oxygen atoms in total.